The average molecular weight is 187 g/mol. The van der Waals surface area contributed by atoms with Crippen molar-refractivity contribution in [3.05, 3.63) is 47.0 Å². The van der Waals surface area contributed by atoms with Crippen molar-refractivity contribution in [2.45, 2.75) is 40.0 Å². The molecule has 0 fully saturated rings. The van der Waals surface area contributed by atoms with Crippen LogP contribution in [0.15, 0.2) is 24.3 Å². The molecule has 0 bridgehead atoms. The van der Waals surface area contributed by atoms with Gasteiger partial charge in [0.2, 0.25) is 0 Å². The van der Waals surface area contributed by atoms with Crippen LogP contribution in [0.2, 0.25) is 0 Å². The van der Waals surface area contributed by atoms with Gasteiger partial charge >= 0.3 is 0 Å². The lowest BCUT2D eigenvalue weighted by molar-refractivity contribution is 0.813. The third kappa shape index (κ3) is 3.02. The summed E-state index contributed by atoms with van der Waals surface area (Å²) in [5.41, 5.74) is 3.90. The van der Waals surface area contributed by atoms with E-state index in [4.69, 9.17) is 0 Å². The van der Waals surface area contributed by atoms with Gasteiger partial charge in [-0.1, -0.05) is 44.0 Å². The highest BCUT2D eigenvalue weighted by Crippen LogP contribution is 2.13. The molecule has 0 unspecified atom stereocenters. The third-order valence-electron chi connectivity index (χ3n) is 2.43. The lowest BCUT2D eigenvalue weighted by atomic mass is 10.0. The molecule has 1 aromatic rings. The molecule has 0 saturated heterocycles. The van der Waals surface area contributed by atoms with Crippen LogP contribution in [0.5, 0.6) is 0 Å². The van der Waals surface area contributed by atoms with Gasteiger partial charge in [0.25, 0.3) is 0 Å². The lowest BCUT2D eigenvalue weighted by Crippen LogP contribution is -1.86. The monoisotopic (exact) mass is 187 g/mol. The molecule has 14 heavy (non-hydrogen) atoms. The number of hydrogen-bond acceptors (Lipinski definition) is 0. The second kappa shape index (κ2) is 5.64. The van der Waals surface area contributed by atoms with E-state index in [0.717, 1.165) is 6.42 Å². The van der Waals surface area contributed by atoms with E-state index >= 15 is 0 Å². The first-order valence-corrected chi connectivity index (χ1v) is 5.40. The van der Waals surface area contributed by atoms with Gasteiger partial charge in [-0.3, -0.25) is 0 Å². The normalized spacial score (nSPS) is 11.1. The third-order valence-corrected chi connectivity index (χ3v) is 2.43. The van der Waals surface area contributed by atoms with Crippen LogP contribution < -0.4 is 0 Å². The molecule has 1 rings (SSSR count). The lowest BCUT2D eigenvalue weighted by Gasteiger charge is -2.03. The fraction of sp³-hybridized carbons (Fsp3) is 0.429. The van der Waals surface area contributed by atoms with Crippen LogP contribution in [0.3, 0.4) is 0 Å². The Kier molecular flexibility index (Phi) is 4.45. The average Bonchev–Trinajstić information content (AvgIpc) is 2.16. The largest absolute Gasteiger partial charge is 0.0760 e. The van der Waals surface area contributed by atoms with E-state index in [-0.39, 0.29) is 0 Å². The molecule has 0 nitrogen and oxygen atoms in total. The van der Waals surface area contributed by atoms with Crippen molar-refractivity contribution in [1.29, 1.82) is 0 Å². The molecule has 0 aliphatic rings. The quantitative estimate of drug-likeness (QED) is 0.620. The molecule has 0 spiro atoms. The Labute approximate surface area is 87.7 Å². The van der Waals surface area contributed by atoms with Crippen molar-refractivity contribution < 1.29 is 0 Å². The molecule has 75 valence electrons. The zero-order chi connectivity index (χ0) is 10.4. The number of rotatable bonds is 4. The van der Waals surface area contributed by atoms with E-state index in [1.165, 1.54) is 29.5 Å². The molecular formula is C14H19. The number of hydrogen-bond donors (Lipinski definition) is 0. The maximum Gasteiger partial charge on any atom is -0.0123 e. The van der Waals surface area contributed by atoms with Gasteiger partial charge in [0.1, 0.15) is 0 Å². The van der Waals surface area contributed by atoms with Gasteiger partial charge in [-0.25, -0.2) is 0 Å². The second-order valence-electron chi connectivity index (χ2n) is 3.76. The Balaban J connectivity index is 2.70. The van der Waals surface area contributed by atoms with Crippen molar-refractivity contribution in [2.75, 3.05) is 0 Å². The summed E-state index contributed by atoms with van der Waals surface area (Å²) in [7, 11) is 0. The van der Waals surface area contributed by atoms with Crippen molar-refractivity contribution in [3.8, 4) is 0 Å². The standard InChI is InChI=1S/C14H19/c1-4-5-6-7-11-14-12(2)9-8-10-13(14)3/h7-10H,4-6H2,1-3H3. The van der Waals surface area contributed by atoms with Gasteiger partial charge < -0.3 is 0 Å². The van der Waals surface area contributed by atoms with E-state index in [0.29, 0.717) is 0 Å². The van der Waals surface area contributed by atoms with E-state index in [2.05, 4.69) is 51.1 Å². The number of allylic oxidation sites excluding steroid dienone is 1. The van der Waals surface area contributed by atoms with E-state index in [9.17, 15) is 0 Å². The van der Waals surface area contributed by atoms with E-state index < -0.39 is 0 Å². The Morgan fingerprint density at radius 1 is 1.21 bits per heavy atom. The maximum absolute atomic E-state index is 3.39. The fourth-order valence-electron chi connectivity index (χ4n) is 1.52. The first kappa shape index (κ1) is 11.0. The predicted molar refractivity (Wildman–Crippen MR) is 62.4 cm³/mol. The van der Waals surface area contributed by atoms with Crippen LogP contribution in [0.25, 0.3) is 0 Å². The molecule has 0 saturated carbocycles. The first-order chi connectivity index (χ1) is 6.75. The molecule has 1 radical (unpaired) electrons. The van der Waals surface area contributed by atoms with Gasteiger partial charge in [-0.05, 0) is 43.0 Å². The summed E-state index contributed by atoms with van der Waals surface area (Å²) < 4.78 is 0. The minimum atomic E-state index is 1.14. The van der Waals surface area contributed by atoms with Crippen LogP contribution >= 0.6 is 0 Å². The summed E-state index contributed by atoms with van der Waals surface area (Å²) in [5, 5.41) is 0. The molecule has 0 atom stereocenters. The van der Waals surface area contributed by atoms with E-state index in [1.54, 1.807) is 0 Å². The minimum absolute atomic E-state index is 1.14. The Bertz CT molecular complexity index is 288. The van der Waals surface area contributed by atoms with Gasteiger partial charge in [0, 0.05) is 0 Å². The number of aryl methyl sites for hydroxylation is 2. The summed E-state index contributed by atoms with van der Waals surface area (Å²) >= 11 is 0. The van der Waals surface area contributed by atoms with Crippen molar-refractivity contribution in [3.63, 3.8) is 0 Å². The summed E-state index contributed by atoms with van der Waals surface area (Å²) in [4.78, 5) is 0. The summed E-state index contributed by atoms with van der Waals surface area (Å²) in [5.74, 6) is 0. The SMILES string of the molecule is CCCC/C=[C]\c1c(C)cccc1C. The Morgan fingerprint density at radius 2 is 1.86 bits per heavy atom. The molecule has 0 N–H and O–H groups in total. The Hall–Kier alpha value is -1.04. The second-order valence-corrected chi connectivity index (χ2v) is 3.76. The fourth-order valence-corrected chi connectivity index (χ4v) is 1.52. The van der Waals surface area contributed by atoms with Crippen molar-refractivity contribution >= 4 is 0 Å². The zero-order valence-corrected chi connectivity index (χ0v) is 9.43. The molecule has 1 aromatic carbocycles. The minimum Gasteiger partial charge on any atom is -0.0760 e. The molecule has 0 aromatic heterocycles. The van der Waals surface area contributed by atoms with E-state index in [1.807, 2.05) is 0 Å². The first-order valence-electron chi connectivity index (χ1n) is 5.40. The molecule has 0 heteroatoms. The van der Waals surface area contributed by atoms with Crippen LogP contribution in [0, 0.1) is 19.9 Å². The molecular weight excluding hydrogens is 168 g/mol. The van der Waals surface area contributed by atoms with Gasteiger partial charge in [0.15, 0.2) is 0 Å². The number of unbranched alkanes of at least 4 members (excludes halogenated alkanes) is 2. The topological polar surface area (TPSA) is 0 Å². The zero-order valence-electron chi connectivity index (χ0n) is 9.43. The highest BCUT2D eigenvalue weighted by atomic mass is 14.0. The van der Waals surface area contributed by atoms with Gasteiger partial charge in [-0.15, -0.1) is 0 Å². The predicted octanol–water partition coefficient (Wildman–Crippen LogP) is 4.20. The van der Waals surface area contributed by atoms with Crippen LogP contribution in [-0.4, -0.2) is 0 Å². The van der Waals surface area contributed by atoms with Crippen LogP contribution in [0.4, 0.5) is 0 Å². The smallest absolute Gasteiger partial charge is 0.0123 e. The highest BCUT2D eigenvalue weighted by Gasteiger charge is 1.96. The van der Waals surface area contributed by atoms with Crippen LogP contribution in [-0.2, 0) is 0 Å². The van der Waals surface area contributed by atoms with Crippen LogP contribution in [0.1, 0.15) is 42.9 Å². The molecule has 0 aliphatic heterocycles. The summed E-state index contributed by atoms with van der Waals surface area (Å²) in [6.07, 6.45) is 9.22. The maximum atomic E-state index is 3.39. The number of benzene rings is 1. The Morgan fingerprint density at radius 3 is 2.43 bits per heavy atom. The molecule has 0 amide bonds. The summed E-state index contributed by atoms with van der Waals surface area (Å²) in [6.45, 7) is 6.50. The van der Waals surface area contributed by atoms with Gasteiger partial charge in [-0.2, -0.15) is 0 Å². The van der Waals surface area contributed by atoms with Crippen molar-refractivity contribution in [2.24, 2.45) is 0 Å². The summed E-state index contributed by atoms with van der Waals surface area (Å²) in [6, 6.07) is 6.38. The molecule has 0 aliphatic carbocycles. The highest BCUT2D eigenvalue weighted by molar-refractivity contribution is 5.38. The van der Waals surface area contributed by atoms with Gasteiger partial charge in [0.05, 0.1) is 0 Å². The van der Waals surface area contributed by atoms with Crippen molar-refractivity contribution in [1.82, 2.24) is 0 Å². The molecule has 0 heterocycles.